The zero-order valence-corrected chi connectivity index (χ0v) is 12.7. The Balaban J connectivity index is 2.11. The number of carboxylic acids is 1. The Morgan fingerprint density at radius 2 is 1.81 bits per heavy atom. The highest BCUT2D eigenvalue weighted by Crippen LogP contribution is 2.26. The minimum atomic E-state index is -1.10. The molecule has 1 aromatic heterocycles. The minimum Gasteiger partial charge on any atom is -0.478 e. The Hall–Kier alpha value is -2.14. The van der Waals surface area contributed by atoms with Crippen LogP contribution in [-0.4, -0.2) is 23.5 Å². The lowest BCUT2D eigenvalue weighted by atomic mass is 9.91. The summed E-state index contributed by atoms with van der Waals surface area (Å²) in [6, 6.07) is 10.2. The molecule has 0 aliphatic rings. The van der Waals surface area contributed by atoms with Gasteiger partial charge in [0.1, 0.15) is 0 Å². The maximum atomic E-state index is 12.2. The highest BCUT2D eigenvalue weighted by Gasteiger charge is 2.23. The van der Waals surface area contributed by atoms with Crippen LogP contribution in [0.15, 0.2) is 41.8 Å². The molecule has 0 saturated heterocycles. The van der Waals surface area contributed by atoms with Crippen molar-refractivity contribution in [2.75, 3.05) is 6.54 Å². The van der Waals surface area contributed by atoms with Gasteiger partial charge in [0, 0.05) is 16.8 Å². The van der Waals surface area contributed by atoms with Crippen LogP contribution in [-0.2, 0) is 5.41 Å². The number of carboxylic acid groups (broad SMARTS) is 1. The first-order valence-corrected chi connectivity index (χ1v) is 7.44. The van der Waals surface area contributed by atoms with Gasteiger partial charge < -0.3 is 10.4 Å². The Morgan fingerprint density at radius 3 is 2.38 bits per heavy atom. The van der Waals surface area contributed by atoms with E-state index in [1.54, 1.807) is 23.5 Å². The molecule has 0 radical (unpaired) electrons. The van der Waals surface area contributed by atoms with Crippen LogP contribution in [0.25, 0.3) is 0 Å². The fourth-order valence-corrected chi connectivity index (χ4v) is 2.87. The second-order valence-electron chi connectivity index (χ2n) is 5.39. The summed E-state index contributed by atoms with van der Waals surface area (Å²) < 4.78 is 0. The molecule has 21 heavy (non-hydrogen) atoms. The fraction of sp³-hybridized carbons (Fsp3) is 0.250. The monoisotopic (exact) mass is 303 g/mol. The number of thiophene rings is 1. The van der Waals surface area contributed by atoms with Crippen molar-refractivity contribution in [3.05, 3.63) is 57.8 Å². The summed E-state index contributed by atoms with van der Waals surface area (Å²) in [5.41, 5.74) is 0.0121. The summed E-state index contributed by atoms with van der Waals surface area (Å²) in [7, 11) is 0. The van der Waals surface area contributed by atoms with E-state index in [0.29, 0.717) is 6.54 Å². The summed E-state index contributed by atoms with van der Waals surface area (Å²) in [6.07, 6.45) is 0. The summed E-state index contributed by atoms with van der Waals surface area (Å²) in [4.78, 5) is 24.5. The summed E-state index contributed by atoms with van der Waals surface area (Å²) >= 11 is 1.64. The molecule has 5 heteroatoms. The molecule has 0 fully saturated rings. The number of carbonyl (C=O) groups is 2. The van der Waals surface area contributed by atoms with Crippen LogP contribution in [0, 0.1) is 0 Å². The van der Waals surface area contributed by atoms with Gasteiger partial charge in [0.05, 0.1) is 11.1 Å². The molecule has 0 saturated carbocycles. The smallest absolute Gasteiger partial charge is 0.336 e. The normalized spacial score (nSPS) is 11.1. The van der Waals surface area contributed by atoms with Gasteiger partial charge in [-0.25, -0.2) is 4.79 Å². The highest BCUT2D eigenvalue weighted by molar-refractivity contribution is 7.10. The molecule has 0 atom stereocenters. The first-order chi connectivity index (χ1) is 9.92. The number of hydrogen-bond acceptors (Lipinski definition) is 3. The van der Waals surface area contributed by atoms with E-state index < -0.39 is 5.97 Å². The van der Waals surface area contributed by atoms with Gasteiger partial charge in [-0.2, -0.15) is 0 Å². The topological polar surface area (TPSA) is 66.4 Å². The van der Waals surface area contributed by atoms with E-state index in [1.165, 1.54) is 17.0 Å². The third kappa shape index (κ3) is 3.49. The number of carbonyl (C=O) groups excluding carboxylic acids is 1. The van der Waals surface area contributed by atoms with Crippen LogP contribution in [0.5, 0.6) is 0 Å². The van der Waals surface area contributed by atoms with E-state index in [4.69, 9.17) is 5.11 Å². The lowest BCUT2D eigenvalue weighted by molar-refractivity contribution is 0.0691. The van der Waals surface area contributed by atoms with Crippen LogP contribution in [0.4, 0.5) is 0 Å². The average Bonchev–Trinajstić information content (AvgIpc) is 3.00. The molecule has 1 heterocycles. The van der Waals surface area contributed by atoms with Crippen LogP contribution < -0.4 is 5.32 Å². The molecule has 4 nitrogen and oxygen atoms in total. The zero-order valence-electron chi connectivity index (χ0n) is 11.9. The minimum absolute atomic E-state index is 0.0175. The van der Waals surface area contributed by atoms with E-state index in [1.807, 2.05) is 31.4 Å². The summed E-state index contributed by atoms with van der Waals surface area (Å²) in [6.45, 7) is 4.53. The first kappa shape index (κ1) is 15.3. The molecule has 0 bridgehead atoms. The zero-order chi connectivity index (χ0) is 15.5. The van der Waals surface area contributed by atoms with Crippen molar-refractivity contribution in [2.45, 2.75) is 19.3 Å². The van der Waals surface area contributed by atoms with E-state index in [0.717, 1.165) is 0 Å². The van der Waals surface area contributed by atoms with Gasteiger partial charge in [-0.3, -0.25) is 4.79 Å². The van der Waals surface area contributed by atoms with E-state index in [9.17, 15) is 9.59 Å². The van der Waals surface area contributed by atoms with Crippen molar-refractivity contribution < 1.29 is 14.7 Å². The number of nitrogens with one attached hydrogen (secondary N) is 1. The molecule has 2 rings (SSSR count). The van der Waals surface area contributed by atoms with Gasteiger partial charge in [0.2, 0.25) is 0 Å². The van der Waals surface area contributed by atoms with Crippen molar-refractivity contribution in [1.82, 2.24) is 5.32 Å². The molecule has 1 aromatic carbocycles. The third-order valence-corrected chi connectivity index (χ3v) is 4.52. The molecular formula is C16H17NO3S. The number of amides is 1. The first-order valence-electron chi connectivity index (χ1n) is 6.56. The van der Waals surface area contributed by atoms with Crippen molar-refractivity contribution in [3.63, 3.8) is 0 Å². The molecule has 2 aromatic rings. The molecule has 0 spiro atoms. The van der Waals surface area contributed by atoms with Gasteiger partial charge in [-0.05, 0) is 23.6 Å². The predicted octanol–water partition coefficient (Wildman–Crippen LogP) is 3.15. The summed E-state index contributed by atoms with van der Waals surface area (Å²) in [5.74, 6) is -1.46. The van der Waals surface area contributed by atoms with Crippen LogP contribution in [0.2, 0.25) is 0 Å². The quantitative estimate of drug-likeness (QED) is 0.891. The van der Waals surface area contributed by atoms with Crippen molar-refractivity contribution in [3.8, 4) is 0 Å². The van der Waals surface area contributed by atoms with Crippen molar-refractivity contribution in [1.29, 1.82) is 0 Å². The predicted molar refractivity (Wildman–Crippen MR) is 83.1 cm³/mol. The number of benzene rings is 1. The Kier molecular flexibility index (Phi) is 4.43. The molecule has 110 valence electrons. The van der Waals surface area contributed by atoms with Crippen LogP contribution in [0.1, 0.15) is 39.4 Å². The molecule has 1 amide bonds. The lowest BCUT2D eigenvalue weighted by Crippen LogP contribution is -2.36. The van der Waals surface area contributed by atoms with Crippen molar-refractivity contribution >= 4 is 23.2 Å². The molecular weight excluding hydrogens is 286 g/mol. The highest BCUT2D eigenvalue weighted by atomic mass is 32.1. The average molecular weight is 303 g/mol. The van der Waals surface area contributed by atoms with Gasteiger partial charge in [-0.15, -0.1) is 11.3 Å². The van der Waals surface area contributed by atoms with Gasteiger partial charge >= 0.3 is 5.97 Å². The van der Waals surface area contributed by atoms with E-state index in [-0.39, 0.29) is 22.4 Å². The number of hydrogen-bond donors (Lipinski definition) is 2. The standard InChI is InChI=1S/C16H17NO3S/c1-16(2,13-8-5-9-21-13)10-17-14(18)11-6-3-4-7-12(11)15(19)20/h3-9H,10H2,1-2H3,(H,17,18)(H,19,20). The second-order valence-corrected chi connectivity index (χ2v) is 6.34. The number of rotatable bonds is 5. The second kappa shape index (κ2) is 6.10. The lowest BCUT2D eigenvalue weighted by Gasteiger charge is -2.23. The van der Waals surface area contributed by atoms with Gasteiger partial charge in [0.15, 0.2) is 0 Å². The van der Waals surface area contributed by atoms with Crippen LogP contribution >= 0.6 is 11.3 Å². The molecule has 0 aliphatic heterocycles. The van der Waals surface area contributed by atoms with E-state index >= 15 is 0 Å². The van der Waals surface area contributed by atoms with Gasteiger partial charge in [-0.1, -0.05) is 32.0 Å². The fourth-order valence-electron chi connectivity index (χ4n) is 2.01. The van der Waals surface area contributed by atoms with Gasteiger partial charge in [0.25, 0.3) is 5.91 Å². The van der Waals surface area contributed by atoms with Crippen molar-refractivity contribution in [2.24, 2.45) is 0 Å². The Morgan fingerprint density at radius 1 is 1.14 bits per heavy atom. The molecule has 0 unspecified atom stereocenters. The van der Waals surface area contributed by atoms with Crippen LogP contribution in [0.3, 0.4) is 0 Å². The Labute approximate surface area is 127 Å². The Bertz CT molecular complexity index is 647. The third-order valence-electron chi connectivity index (χ3n) is 3.28. The SMILES string of the molecule is CC(C)(CNC(=O)c1ccccc1C(=O)O)c1cccs1. The largest absolute Gasteiger partial charge is 0.478 e. The van der Waals surface area contributed by atoms with E-state index in [2.05, 4.69) is 5.32 Å². The maximum absolute atomic E-state index is 12.2. The molecule has 2 N–H and O–H groups in total. The molecule has 0 aliphatic carbocycles. The maximum Gasteiger partial charge on any atom is 0.336 e. The number of aromatic carboxylic acids is 1. The summed E-state index contributed by atoms with van der Waals surface area (Å²) in [5, 5.41) is 13.9.